The van der Waals surface area contributed by atoms with Gasteiger partial charge in [0.1, 0.15) is 0 Å². The Morgan fingerprint density at radius 3 is 2.32 bits per heavy atom. The lowest BCUT2D eigenvalue weighted by Gasteiger charge is -2.17. The van der Waals surface area contributed by atoms with Crippen LogP contribution in [0.3, 0.4) is 0 Å². The Morgan fingerprint density at radius 1 is 1.14 bits per heavy atom. The van der Waals surface area contributed by atoms with Gasteiger partial charge in [0, 0.05) is 12.6 Å². The first-order valence-corrected chi connectivity index (χ1v) is 9.06. The molecule has 0 atom stereocenters. The topological polar surface area (TPSA) is 58.2 Å². The molecule has 2 aromatic rings. The predicted molar refractivity (Wildman–Crippen MR) is 94.5 cm³/mol. The highest BCUT2D eigenvalue weighted by Crippen LogP contribution is 2.43. The minimum Gasteiger partial charge on any atom is -0.385 e. The van der Waals surface area contributed by atoms with Gasteiger partial charge in [-0.25, -0.2) is 8.42 Å². The molecule has 0 saturated heterocycles. The van der Waals surface area contributed by atoms with E-state index in [0.717, 1.165) is 5.56 Å². The van der Waals surface area contributed by atoms with Crippen molar-refractivity contribution in [1.82, 2.24) is 0 Å². The fourth-order valence-corrected chi connectivity index (χ4v) is 3.46. The number of sulfonamides is 1. The van der Waals surface area contributed by atoms with Crippen LogP contribution in [0.4, 0.5) is 11.4 Å². The molecule has 0 saturated carbocycles. The molecule has 0 heterocycles. The van der Waals surface area contributed by atoms with Gasteiger partial charge >= 0.3 is 0 Å². The van der Waals surface area contributed by atoms with Crippen molar-refractivity contribution in [1.29, 1.82) is 0 Å². The van der Waals surface area contributed by atoms with Crippen molar-refractivity contribution in [2.24, 2.45) is 0 Å². The second-order valence-electron chi connectivity index (χ2n) is 4.59. The van der Waals surface area contributed by atoms with Crippen LogP contribution in [0.2, 0.25) is 10.0 Å². The third-order valence-corrected chi connectivity index (χ3v) is 5.14. The molecular weight excluding hydrogens is 343 g/mol. The summed E-state index contributed by atoms with van der Waals surface area (Å²) in [6.07, 6.45) is 0. The molecule has 0 aromatic heterocycles. The highest BCUT2D eigenvalue weighted by atomic mass is 35.5. The minimum absolute atomic E-state index is 0.0359. The van der Waals surface area contributed by atoms with Crippen molar-refractivity contribution >= 4 is 44.6 Å². The summed E-state index contributed by atoms with van der Waals surface area (Å²) in [5, 5.41) is 3.68. The smallest absolute Gasteiger partial charge is 0.232 e. The third-order valence-electron chi connectivity index (χ3n) is 3.18. The summed E-state index contributed by atoms with van der Waals surface area (Å²) in [6.45, 7) is 1.56. The van der Waals surface area contributed by atoms with Crippen molar-refractivity contribution in [3.05, 3.63) is 46.4 Å². The van der Waals surface area contributed by atoms with Crippen LogP contribution in [-0.4, -0.2) is 21.2 Å². The van der Waals surface area contributed by atoms with Gasteiger partial charge in [0.05, 0.1) is 27.2 Å². The monoisotopic (exact) mass is 358 g/mol. The van der Waals surface area contributed by atoms with Crippen molar-refractivity contribution in [3.8, 4) is 11.1 Å². The Balaban J connectivity index is 2.62. The number of halogens is 2. The first-order chi connectivity index (χ1) is 10.4. The molecule has 2 rings (SSSR count). The van der Waals surface area contributed by atoms with E-state index in [1.807, 2.05) is 30.3 Å². The van der Waals surface area contributed by atoms with Crippen molar-refractivity contribution in [2.75, 3.05) is 22.8 Å². The molecule has 7 heteroatoms. The maximum atomic E-state index is 11.8. The average Bonchev–Trinajstić information content (AvgIpc) is 2.48. The fraction of sp³-hybridized carbons (Fsp3) is 0.200. The van der Waals surface area contributed by atoms with Crippen LogP contribution in [0.5, 0.6) is 0 Å². The number of benzene rings is 2. The summed E-state index contributed by atoms with van der Waals surface area (Å²) in [4.78, 5) is 0. The molecule has 22 heavy (non-hydrogen) atoms. The van der Waals surface area contributed by atoms with E-state index in [1.165, 1.54) is 0 Å². The number of hydrogen-bond donors (Lipinski definition) is 2. The molecule has 0 aliphatic carbocycles. The van der Waals surface area contributed by atoms with E-state index in [2.05, 4.69) is 10.0 Å². The lowest BCUT2D eigenvalue weighted by atomic mass is 10.0. The molecule has 0 fully saturated rings. The van der Waals surface area contributed by atoms with Crippen LogP contribution in [0, 0.1) is 0 Å². The zero-order valence-electron chi connectivity index (χ0n) is 12.2. The number of hydrogen-bond acceptors (Lipinski definition) is 3. The Morgan fingerprint density at radius 2 is 1.77 bits per heavy atom. The van der Waals surface area contributed by atoms with Crippen molar-refractivity contribution in [2.45, 2.75) is 6.92 Å². The first-order valence-electron chi connectivity index (χ1n) is 6.65. The number of rotatable bonds is 5. The van der Waals surface area contributed by atoms with Gasteiger partial charge in [0.2, 0.25) is 10.0 Å². The maximum Gasteiger partial charge on any atom is 0.232 e. The maximum absolute atomic E-state index is 11.8. The van der Waals surface area contributed by atoms with Crippen LogP contribution < -0.4 is 10.0 Å². The molecule has 0 bridgehead atoms. The molecule has 0 spiro atoms. The molecule has 4 nitrogen and oxygen atoms in total. The highest BCUT2D eigenvalue weighted by Gasteiger charge is 2.19. The standard InChI is InChI=1S/C15H16Cl2N2O2S/c1-3-22(20,21)19-12-9-11(16)13(14(17)15(12)18-2)10-7-5-4-6-8-10/h4-9,18-19H,3H2,1-2H3. The zero-order chi connectivity index (χ0) is 16.3. The van der Waals surface area contributed by atoms with Crippen molar-refractivity contribution in [3.63, 3.8) is 0 Å². The number of anilines is 2. The van der Waals surface area contributed by atoms with E-state index in [9.17, 15) is 8.42 Å². The summed E-state index contributed by atoms with van der Waals surface area (Å²) in [7, 11) is -1.75. The van der Waals surface area contributed by atoms with Crippen LogP contribution in [0.1, 0.15) is 6.92 Å². The summed E-state index contributed by atoms with van der Waals surface area (Å²) in [6, 6.07) is 11.0. The second kappa shape index (κ2) is 6.77. The van der Waals surface area contributed by atoms with E-state index in [0.29, 0.717) is 27.0 Å². The van der Waals surface area contributed by atoms with E-state index in [4.69, 9.17) is 23.2 Å². The molecule has 2 aromatic carbocycles. The normalized spacial score (nSPS) is 11.3. The predicted octanol–water partition coefficient (Wildman–Crippen LogP) is 4.46. The molecule has 118 valence electrons. The molecule has 0 radical (unpaired) electrons. The third kappa shape index (κ3) is 3.48. The van der Waals surface area contributed by atoms with Crippen molar-refractivity contribution < 1.29 is 8.42 Å². The van der Waals surface area contributed by atoms with Gasteiger partial charge in [-0.3, -0.25) is 4.72 Å². The Labute approximate surface area is 140 Å². The number of nitrogens with one attached hydrogen (secondary N) is 2. The molecule has 0 amide bonds. The highest BCUT2D eigenvalue weighted by molar-refractivity contribution is 7.92. The van der Waals surface area contributed by atoms with Gasteiger partial charge in [-0.05, 0) is 18.6 Å². The lowest BCUT2D eigenvalue weighted by molar-refractivity contribution is 0.602. The lowest BCUT2D eigenvalue weighted by Crippen LogP contribution is -2.16. The van der Waals surface area contributed by atoms with E-state index >= 15 is 0 Å². The molecule has 0 unspecified atom stereocenters. The average molecular weight is 359 g/mol. The van der Waals surface area contributed by atoms with E-state index in [-0.39, 0.29) is 5.75 Å². The van der Waals surface area contributed by atoms with Gasteiger partial charge in [-0.1, -0.05) is 53.5 Å². The van der Waals surface area contributed by atoms with Gasteiger partial charge in [0.25, 0.3) is 0 Å². The summed E-state index contributed by atoms with van der Waals surface area (Å²) in [5.74, 6) is -0.0359. The van der Waals surface area contributed by atoms with Gasteiger partial charge in [-0.15, -0.1) is 0 Å². The van der Waals surface area contributed by atoms with Gasteiger partial charge in [0.15, 0.2) is 0 Å². The molecule has 0 aliphatic heterocycles. The largest absolute Gasteiger partial charge is 0.385 e. The minimum atomic E-state index is -3.42. The summed E-state index contributed by atoms with van der Waals surface area (Å²) < 4.78 is 26.1. The summed E-state index contributed by atoms with van der Waals surface area (Å²) >= 11 is 12.8. The Hall–Kier alpha value is -1.43. The van der Waals surface area contributed by atoms with Gasteiger partial charge < -0.3 is 5.32 Å². The Bertz CT molecular complexity index is 778. The van der Waals surface area contributed by atoms with E-state index < -0.39 is 10.0 Å². The van der Waals surface area contributed by atoms with Crippen LogP contribution in [-0.2, 0) is 10.0 Å². The van der Waals surface area contributed by atoms with Crippen LogP contribution in [0.25, 0.3) is 11.1 Å². The second-order valence-corrected chi connectivity index (χ2v) is 7.39. The zero-order valence-corrected chi connectivity index (χ0v) is 14.5. The molecule has 2 N–H and O–H groups in total. The van der Waals surface area contributed by atoms with E-state index in [1.54, 1.807) is 20.0 Å². The fourth-order valence-electron chi connectivity index (χ4n) is 2.05. The SMILES string of the molecule is CCS(=O)(=O)Nc1cc(Cl)c(-c2ccccc2)c(Cl)c1NC. The van der Waals surface area contributed by atoms with Gasteiger partial charge in [-0.2, -0.15) is 0 Å². The summed E-state index contributed by atoms with van der Waals surface area (Å²) in [5.41, 5.74) is 2.34. The first kappa shape index (κ1) is 16.9. The van der Waals surface area contributed by atoms with Crippen LogP contribution in [0.15, 0.2) is 36.4 Å². The quantitative estimate of drug-likeness (QED) is 0.829. The van der Waals surface area contributed by atoms with Crippen LogP contribution >= 0.6 is 23.2 Å². The molecule has 0 aliphatic rings. The molecular formula is C15H16Cl2N2O2S. The Kier molecular flexibility index (Phi) is 5.21.